The average molecular weight is 726 g/mol. The molecule has 2 N–H and O–H groups in total. The number of hydrogen-bond acceptors (Lipinski definition) is 10. The molecule has 0 heterocycles. The number of amides is 1. The van der Waals surface area contributed by atoms with Gasteiger partial charge in [-0.1, -0.05) is 91.0 Å². The van der Waals surface area contributed by atoms with Gasteiger partial charge >= 0.3 is 5.97 Å². The van der Waals surface area contributed by atoms with E-state index in [9.17, 15) is 9.59 Å². The lowest BCUT2D eigenvalue weighted by Crippen LogP contribution is -2.34. The third-order valence-corrected chi connectivity index (χ3v) is 7.67. The molecule has 12 heteroatoms. The van der Waals surface area contributed by atoms with Crippen LogP contribution in [-0.2, 0) is 53.1 Å². The van der Waals surface area contributed by atoms with Gasteiger partial charge in [-0.05, 0) is 23.1 Å². The molecule has 0 saturated heterocycles. The minimum absolute atomic E-state index is 0.0110. The van der Waals surface area contributed by atoms with Crippen LogP contribution in [0, 0.1) is 0 Å². The van der Waals surface area contributed by atoms with Crippen LogP contribution in [0.5, 0.6) is 0 Å². The molecule has 0 aliphatic heterocycles. The van der Waals surface area contributed by atoms with Crippen molar-refractivity contribution in [3.8, 4) is 0 Å². The number of nitrogens with one attached hydrogen (secondary N) is 1. The summed E-state index contributed by atoms with van der Waals surface area (Å²) in [7, 11) is 0. The Morgan fingerprint density at radius 2 is 0.788 bits per heavy atom. The molecule has 286 valence electrons. The van der Waals surface area contributed by atoms with Crippen molar-refractivity contribution in [1.29, 1.82) is 0 Å². The molecule has 3 aromatic carbocycles. The van der Waals surface area contributed by atoms with Crippen LogP contribution in [0.1, 0.15) is 36.0 Å². The summed E-state index contributed by atoms with van der Waals surface area (Å²) in [6.45, 7) is 7.37. The largest absolute Gasteiger partial charge is 0.481 e. The van der Waals surface area contributed by atoms with Crippen LogP contribution < -0.4 is 5.32 Å². The maximum atomic E-state index is 11.4. The van der Waals surface area contributed by atoms with Crippen molar-refractivity contribution >= 4 is 11.9 Å². The third kappa shape index (κ3) is 17.7. The second-order valence-corrected chi connectivity index (χ2v) is 11.5. The minimum atomic E-state index is -0.982. The van der Waals surface area contributed by atoms with E-state index in [2.05, 4.69) is 41.7 Å². The molecule has 1 amide bonds. The molecule has 12 nitrogen and oxygen atoms in total. The fourth-order valence-electron chi connectivity index (χ4n) is 5.15. The Hall–Kier alpha value is -3.72. The van der Waals surface area contributed by atoms with E-state index in [0.717, 1.165) is 16.7 Å². The van der Waals surface area contributed by atoms with E-state index < -0.39 is 11.6 Å². The van der Waals surface area contributed by atoms with Gasteiger partial charge in [-0.2, -0.15) is 0 Å². The number of benzene rings is 3. The van der Waals surface area contributed by atoms with Gasteiger partial charge in [0.25, 0.3) is 0 Å². The van der Waals surface area contributed by atoms with E-state index in [-0.39, 0.29) is 18.7 Å². The van der Waals surface area contributed by atoms with Crippen molar-refractivity contribution in [1.82, 2.24) is 5.32 Å². The van der Waals surface area contributed by atoms with Gasteiger partial charge in [0.05, 0.1) is 98.9 Å². The average Bonchev–Trinajstić information content (AvgIpc) is 3.18. The second kappa shape index (κ2) is 27.9. The Morgan fingerprint density at radius 1 is 0.462 bits per heavy atom. The molecule has 3 rings (SSSR count). The third-order valence-electron chi connectivity index (χ3n) is 7.67. The smallest absolute Gasteiger partial charge is 0.303 e. The number of carbonyl (C=O) groups is 2. The summed E-state index contributed by atoms with van der Waals surface area (Å²) in [4.78, 5) is 21.8. The summed E-state index contributed by atoms with van der Waals surface area (Å²) in [6, 6.07) is 30.9. The molecular formula is C40H55NO11. The normalized spacial score (nSPS) is 11.5. The van der Waals surface area contributed by atoms with Gasteiger partial charge in [-0.15, -0.1) is 0 Å². The first kappa shape index (κ1) is 42.7. The SMILES string of the molecule is O=C(O)CCC(=O)NCCCOCCOCCOCCOCCOCCOCCOCCOC(c1ccccc1)(c1ccccc1)c1ccccc1. The van der Waals surface area contributed by atoms with Crippen molar-refractivity contribution < 1.29 is 52.6 Å². The Balaban J connectivity index is 1.10. The Kier molecular flexibility index (Phi) is 22.9. The van der Waals surface area contributed by atoms with E-state index in [0.29, 0.717) is 112 Å². The van der Waals surface area contributed by atoms with E-state index in [1.54, 1.807) is 0 Å². The number of hydrogen-bond donors (Lipinski definition) is 2. The molecule has 0 radical (unpaired) electrons. The van der Waals surface area contributed by atoms with Gasteiger partial charge in [0.2, 0.25) is 5.91 Å². The van der Waals surface area contributed by atoms with Crippen LogP contribution in [0.15, 0.2) is 91.0 Å². The highest BCUT2D eigenvalue weighted by atomic mass is 16.6. The topological polar surface area (TPSA) is 140 Å². The van der Waals surface area contributed by atoms with E-state index in [4.69, 9.17) is 43.0 Å². The fraction of sp³-hybridized carbons (Fsp3) is 0.500. The predicted octanol–water partition coefficient (Wildman–Crippen LogP) is 4.48. The number of carboxylic acids is 1. The van der Waals surface area contributed by atoms with E-state index in [1.807, 2.05) is 54.6 Å². The van der Waals surface area contributed by atoms with Gasteiger partial charge in [0.15, 0.2) is 0 Å². The number of ether oxygens (including phenoxy) is 8. The lowest BCUT2D eigenvalue weighted by atomic mass is 9.80. The van der Waals surface area contributed by atoms with Crippen molar-refractivity contribution in [2.24, 2.45) is 0 Å². The van der Waals surface area contributed by atoms with Crippen LogP contribution in [-0.4, -0.2) is 123 Å². The van der Waals surface area contributed by atoms with E-state index >= 15 is 0 Å². The number of carbonyl (C=O) groups excluding carboxylic acids is 1. The zero-order valence-electron chi connectivity index (χ0n) is 30.1. The van der Waals surface area contributed by atoms with Crippen LogP contribution in [0.2, 0.25) is 0 Å². The molecule has 0 aromatic heterocycles. The molecule has 3 aromatic rings. The molecular weight excluding hydrogens is 670 g/mol. The van der Waals surface area contributed by atoms with Crippen LogP contribution in [0.25, 0.3) is 0 Å². The second-order valence-electron chi connectivity index (χ2n) is 11.5. The molecule has 0 fully saturated rings. The van der Waals surface area contributed by atoms with Gasteiger partial charge < -0.3 is 48.3 Å². The molecule has 0 unspecified atom stereocenters. The Morgan fingerprint density at radius 3 is 1.13 bits per heavy atom. The first-order chi connectivity index (χ1) is 25.6. The maximum Gasteiger partial charge on any atom is 0.303 e. The molecule has 0 saturated carbocycles. The summed E-state index contributed by atoms with van der Waals surface area (Å²) >= 11 is 0. The van der Waals surface area contributed by atoms with Gasteiger partial charge in [-0.25, -0.2) is 0 Å². The first-order valence-corrected chi connectivity index (χ1v) is 18.0. The Bertz CT molecular complexity index is 1220. The highest BCUT2D eigenvalue weighted by Gasteiger charge is 2.37. The van der Waals surface area contributed by atoms with Crippen LogP contribution in [0.3, 0.4) is 0 Å². The lowest BCUT2D eigenvalue weighted by Gasteiger charge is -2.36. The van der Waals surface area contributed by atoms with Crippen molar-refractivity contribution in [3.05, 3.63) is 108 Å². The molecule has 0 bridgehead atoms. The number of aliphatic carboxylic acids is 1. The summed E-state index contributed by atoms with van der Waals surface area (Å²) in [5.74, 6) is -1.25. The van der Waals surface area contributed by atoms with Crippen LogP contribution >= 0.6 is 0 Å². The molecule has 0 aliphatic carbocycles. The van der Waals surface area contributed by atoms with Crippen molar-refractivity contribution in [3.63, 3.8) is 0 Å². The number of carboxylic acid groups (broad SMARTS) is 1. The van der Waals surface area contributed by atoms with Gasteiger partial charge in [-0.3, -0.25) is 9.59 Å². The lowest BCUT2D eigenvalue weighted by molar-refractivity contribution is -0.138. The fourth-order valence-corrected chi connectivity index (χ4v) is 5.15. The predicted molar refractivity (Wildman–Crippen MR) is 195 cm³/mol. The monoisotopic (exact) mass is 725 g/mol. The van der Waals surface area contributed by atoms with Gasteiger partial charge in [0, 0.05) is 19.6 Å². The quantitative estimate of drug-likeness (QED) is 0.0696. The highest BCUT2D eigenvalue weighted by molar-refractivity contribution is 5.80. The maximum absolute atomic E-state index is 11.4. The minimum Gasteiger partial charge on any atom is -0.481 e. The van der Waals surface area contributed by atoms with Crippen molar-refractivity contribution in [2.45, 2.75) is 24.9 Å². The molecule has 0 atom stereocenters. The van der Waals surface area contributed by atoms with Crippen LogP contribution in [0.4, 0.5) is 0 Å². The zero-order valence-corrected chi connectivity index (χ0v) is 30.1. The molecule has 0 spiro atoms. The van der Waals surface area contributed by atoms with Gasteiger partial charge in [0.1, 0.15) is 5.60 Å². The first-order valence-electron chi connectivity index (χ1n) is 18.0. The van der Waals surface area contributed by atoms with E-state index in [1.165, 1.54) is 0 Å². The summed E-state index contributed by atoms with van der Waals surface area (Å²) in [5, 5.41) is 11.2. The number of rotatable bonds is 32. The summed E-state index contributed by atoms with van der Waals surface area (Å²) in [6.07, 6.45) is 0.475. The molecule has 52 heavy (non-hydrogen) atoms. The Labute approximate surface area is 307 Å². The summed E-state index contributed by atoms with van der Waals surface area (Å²) in [5.41, 5.74) is 2.42. The van der Waals surface area contributed by atoms with Crippen molar-refractivity contribution in [2.75, 3.05) is 106 Å². The summed E-state index contributed by atoms with van der Waals surface area (Å²) < 4.78 is 45.6. The standard InChI is InChI=1S/C40H55NO11/c42-38(17-18-39(43)44)41-19-10-20-45-21-22-46-23-24-47-25-26-48-27-28-49-29-30-50-31-32-51-33-34-52-40(35-11-4-1-5-12-35,36-13-6-2-7-14-36)37-15-8-3-9-16-37/h1-9,11-16H,10,17-34H2,(H,41,42)(H,43,44). The molecule has 0 aliphatic rings. The zero-order chi connectivity index (χ0) is 36.8. The highest BCUT2D eigenvalue weighted by Crippen LogP contribution is 2.40.